The molecule has 1 heteroatoms. The lowest BCUT2D eigenvalue weighted by molar-refractivity contribution is -0.116. The van der Waals surface area contributed by atoms with Crippen molar-refractivity contribution in [3.63, 3.8) is 0 Å². The van der Waals surface area contributed by atoms with Gasteiger partial charge < -0.3 is 0 Å². The molecule has 0 N–H and O–H groups in total. The first kappa shape index (κ1) is 8.98. The Labute approximate surface area is 80.2 Å². The Hall–Kier alpha value is -0.590. The molecule has 2 aliphatic carbocycles. The molecule has 0 amide bonds. The number of hydrogen-bond donors (Lipinski definition) is 0. The van der Waals surface area contributed by atoms with Gasteiger partial charge in [0.1, 0.15) is 0 Å². The molecule has 0 bridgehead atoms. The number of rotatable bonds is 0. The summed E-state index contributed by atoms with van der Waals surface area (Å²) in [5, 5.41) is 0. The van der Waals surface area contributed by atoms with Crippen molar-refractivity contribution in [2.75, 3.05) is 0 Å². The third-order valence-electron chi connectivity index (χ3n) is 3.95. The molecule has 1 spiro atoms. The van der Waals surface area contributed by atoms with Crippen molar-refractivity contribution in [2.45, 2.75) is 45.4 Å². The van der Waals surface area contributed by atoms with E-state index in [4.69, 9.17) is 0 Å². The summed E-state index contributed by atoms with van der Waals surface area (Å²) in [5.74, 6) is 1.11. The van der Waals surface area contributed by atoms with E-state index in [0.29, 0.717) is 11.2 Å². The van der Waals surface area contributed by atoms with Crippen LogP contribution in [0.25, 0.3) is 0 Å². The van der Waals surface area contributed by atoms with E-state index < -0.39 is 0 Å². The zero-order chi connectivity index (χ0) is 9.31. The van der Waals surface area contributed by atoms with E-state index in [0.717, 1.165) is 18.8 Å². The second-order valence-electron chi connectivity index (χ2n) is 4.68. The van der Waals surface area contributed by atoms with Gasteiger partial charge in [0.25, 0.3) is 0 Å². The van der Waals surface area contributed by atoms with Gasteiger partial charge in [-0.1, -0.05) is 25.8 Å². The lowest BCUT2D eigenvalue weighted by Gasteiger charge is -2.42. The van der Waals surface area contributed by atoms with Crippen molar-refractivity contribution in [3.8, 4) is 0 Å². The summed E-state index contributed by atoms with van der Waals surface area (Å²) in [4.78, 5) is 11.1. The summed E-state index contributed by atoms with van der Waals surface area (Å²) >= 11 is 0. The van der Waals surface area contributed by atoms with E-state index in [1.165, 1.54) is 25.7 Å². The van der Waals surface area contributed by atoms with Gasteiger partial charge in [0.05, 0.1) is 0 Å². The van der Waals surface area contributed by atoms with Crippen molar-refractivity contribution in [1.29, 1.82) is 0 Å². The van der Waals surface area contributed by atoms with Gasteiger partial charge in [-0.2, -0.15) is 0 Å². The molecule has 0 saturated heterocycles. The van der Waals surface area contributed by atoms with Gasteiger partial charge in [-0.05, 0) is 36.7 Å². The van der Waals surface area contributed by atoms with Crippen LogP contribution in [0, 0.1) is 11.3 Å². The van der Waals surface area contributed by atoms with Crippen LogP contribution < -0.4 is 0 Å². The SMILES string of the molecule is C[C@H]1CCCC[C@]12C=CC(=O)CC2. The highest BCUT2D eigenvalue weighted by Crippen LogP contribution is 2.47. The van der Waals surface area contributed by atoms with Crippen LogP contribution in [0.4, 0.5) is 0 Å². The first-order chi connectivity index (χ1) is 6.23. The van der Waals surface area contributed by atoms with Crippen molar-refractivity contribution in [3.05, 3.63) is 12.2 Å². The summed E-state index contributed by atoms with van der Waals surface area (Å²) in [6.07, 6.45) is 11.3. The average molecular weight is 178 g/mol. The molecular formula is C12H18O. The van der Waals surface area contributed by atoms with Crippen LogP contribution in [-0.4, -0.2) is 5.78 Å². The van der Waals surface area contributed by atoms with Gasteiger partial charge in [0.2, 0.25) is 0 Å². The minimum atomic E-state index is 0.323. The van der Waals surface area contributed by atoms with Gasteiger partial charge in [0.15, 0.2) is 5.78 Å². The van der Waals surface area contributed by atoms with Crippen molar-refractivity contribution < 1.29 is 4.79 Å². The smallest absolute Gasteiger partial charge is 0.155 e. The molecule has 0 unspecified atom stereocenters. The normalized spacial score (nSPS) is 39.8. The maximum atomic E-state index is 11.1. The third-order valence-corrected chi connectivity index (χ3v) is 3.95. The molecule has 0 radical (unpaired) electrons. The van der Waals surface area contributed by atoms with Gasteiger partial charge in [0, 0.05) is 6.42 Å². The molecule has 1 saturated carbocycles. The zero-order valence-electron chi connectivity index (χ0n) is 8.38. The summed E-state index contributed by atoms with van der Waals surface area (Å²) in [6, 6.07) is 0. The molecule has 1 fully saturated rings. The van der Waals surface area contributed by atoms with Crippen molar-refractivity contribution >= 4 is 5.78 Å². The highest BCUT2D eigenvalue weighted by Gasteiger charge is 2.37. The Bertz CT molecular complexity index is 242. The lowest BCUT2D eigenvalue weighted by atomic mass is 9.63. The van der Waals surface area contributed by atoms with Crippen molar-refractivity contribution in [2.24, 2.45) is 11.3 Å². The van der Waals surface area contributed by atoms with E-state index >= 15 is 0 Å². The van der Waals surface area contributed by atoms with Crippen LogP contribution in [0.2, 0.25) is 0 Å². The van der Waals surface area contributed by atoms with Crippen LogP contribution in [0.15, 0.2) is 12.2 Å². The summed E-state index contributed by atoms with van der Waals surface area (Å²) < 4.78 is 0. The molecule has 0 heterocycles. The summed E-state index contributed by atoms with van der Waals surface area (Å²) in [7, 11) is 0. The first-order valence-electron chi connectivity index (χ1n) is 5.45. The number of carbonyl (C=O) groups excluding carboxylic acids is 1. The maximum absolute atomic E-state index is 11.1. The van der Waals surface area contributed by atoms with E-state index in [-0.39, 0.29) is 0 Å². The van der Waals surface area contributed by atoms with Gasteiger partial charge in [-0.25, -0.2) is 0 Å². The van der Waals surface area contributed by atoms with Gasteiger partial charge in [-0.3, -0.25) is 4.79 Å². The Morgan fingerprint density at radius 1 is 1.38 bits per heavy atom. The zero-order valence-corrected chi connectivity index (χ0v) is 8.38. The monoisotopic (exact) mass is 178 g/mol. The van der Waals surface area contributed by atoms with E-state index in [1.807, 2.05) is 6.08 Å². The van der Waals surface area contributed by atoms with Crippen LogP contribution in [0.1, 0.15) is 45.4 Å². The molecule has 0 aromatic rings. The summed E-state index contributed by atoms with van der Waals surface area (Å²) in [5.41, 5.74) is 0.395. The highest BCUT2D eigenvalue weighted by atomic mass is 16.1. The lowest BCUT2D eigenvalue weighted by Crippen LogP contribution is -2.32. The van der Waals surface area contributed by atoms with E-state index in [2.05, 4.69) is 13.0 Å². The van der Waals surface area contributed by atoms with Crippen molar-refractivity contribution in [1.82, 2.24) is 0 Å². The predicted molar refractivity (Wildman–Crippen MR) is 53.4 cm³/mol. The molecule has 13 heavy (non-hydrogen) atoms. The Morgan fingerprint density at radius 3 is 2.85 bits per heavy atom. The molecule has 2 rings (SSSR count). The topological polar surface area (TPSA) is 17.1 Å². The number of hydrogen-bond acceptors (Lipinski definition) is 1. The Balaban J connectivity index is 2.18. The fourth-order valence-electron chi connectivity index (χ4n) is 2.84. The minimum absolute atomic E-state index is 0.323. The fraction of sp³-hybridized carbons (Fsp3) is 0.750. The third kappa shape index (κ3) is 1.56. The molecule has 0 aromatic heterocycles. The van der Waals surface area contributed by atoms with Crippen LogP contribution in [0.3, 0.4) is 0 Å². The fourth-order valence-corrected chi connectivity index (χ4v) is 2.84. The number of ketones is 1. The summed E-state index contributed by atoms with van der Waals surface area (Å²) in [6.45, 7) is 2.35. The average Bonchev–Trinajstić information content (AvgIpc) is 2.15. The van der Waals surface area contributed by atoms with Crippen LogP contribution in [0.5, 0.6) is 0 Å². The molecule has 0 aliphatic heterocycles. The molecule has 0 aromatic carbocycles. The maximum Gasteiger partial charge on any atom is 0.155 e. The van der Waals surface area contributed by atoms with Crippen LogP contribution >= 0.6 is 0 Å². The number of carbonyl (C=O) groups is 1. The molecule has 2 aliphatic rings. The minimum Gasteiger partial charge on any atom is -0.295 e. The Morgan fingerprint density at radius 2 is 2.23 bits per heavy atom. The number of allylic oxidation sites excluding steroid dienone is 2. The quantitative estimate of drug-likeness (QED) is 0.557. The molecule has 72 valence electrons. The van der Waals surface area contributed by atoms with Crippen LogP contribution in [-0.2, 0) is 4.79 Å². The molecule has 2 atom stereocenters. The van der Waals surface area contributed by atoms with E-state index in [1.54, 1.807) is 0 Å². The predicted octanol–water partition coefficient (Wildman–Crippen LogP) is 3.10. The standard InChI is InChI=1S/C12H18O/c1-10-4-2-3-7-12(10)8-5-11(13)6-9-12/h5,8,10H,2-4,6-7,9H2,1H3/t10-,12+/m0/s1. The first-order valence-corrected chi connectivity index (χ1v) is 5.45. The van der Waals surface area contributed by atoms with Gasteiger partial charge >= 0.3 is 0 Å². The van der Waals surface area contributed by atoms with E-state index in [9.17, 15) is 4.79 Å². The second kappa shape index (κ2) is 3.28. The molecule has 1 nitrogen and oxygen atoms in total. The largest absolute Gasteiger partial charge is 0.295 e. The Kier molecular flexibility index (Phi) is 2.27. The van der Waals surface area contributed by atoms with Gasteiger partial charge in [-0.15, -0.1) is 0 Å². The molecular weight excluding hydrogens is 160 g/mol. The highest BCUT2D eigenvalue weighted by molar-refractivity contribution is 5.90. The second-order valence-corrected chi connectivity index (χ2v) is 4.68.